The Hall–Kier alpha value is -1.96. The molecule has 2 rings (SSSR count). The summed E-state index contributed by atoms with van der Waals surface area (Å²) in [6.07, 6.45) is 12.4. The third-order valence-corrected chi connectivity index (χ3v) is 6.34. The average molecular weight is 464 g/mol. The largest absolute Gasteiger partial charge is 0.459 e. The first kappa shape index (κ1) is 27.3. The number of aliphatic hydroxyl groups is 1. The SMILES string of the molecule is CC(=O)O[C@@H](C)/C=C\C(=O)N[C@@H]1C[C@H](C)[C@H](C/C=C(C)/C=C/C2CC(CO)CCO2)O[C@@H]1C. The Morgan fingerprint density at radius 3 is 2.67 bits per heavy atom. The van der Waals surface area contributed by atoms with E-state index in [-0.39, 0.29) is 42.8 Å². The summed E-state index contributed by atoms with van der Waals surface area (Å²) in [6, 6.07) is -0.0645. The van der Waals surface area contributed by atoms with E-state index in [1.807, 2.05) is 6.92 Å². The molecule has 7 nitrogen and oxygen atoms in total. The zero-order chi connectivity index (χ0) is 24.4. The van der Waals surface area contributed by atoms with Gasteiger partial charge in [0.1, 0.15) is 6.10 Å². The van der Waals surface area contributed by atoms with Gasteiger partial charge < -0.3 is 24.6 Å². The first-order chi connectivity index (χ1) is 15.7. The van der Waals surface area contributed by atoms with Crippen LogP contribution >= 0.6 is 0 Å². The fourth-order valence-corrected chi connectivity index (χ4v) is 4.30. The first-order valence-corrected chi connectivity index (χ1v) is 12.1. The number of carbonyl (C=O) groups is 2. The smallest absolute Gasteiger partial charge is 0.303 e. The molecule has 2 fully saturated rings. The third kappa shape index (κ3) is 9.82. The molecule has 2 N–H and O–H groups in total. The second kappa shape index (κ2) is 13.7. The second-order valence-corrected chi connectivity index (χ2v) is 9.41. The number of hydrogen-bond acceptors (Lipinski definition) is 6. The molecule has 2 aliphatic rings. The van der Waals surface area contributed by atoms with Crippen LogP contribution in [-0.4, -0.2) is 60.7 Å². The summed E-state index contributed by atoms with van der Waals surface area (Å²) in [6.45, 7) is 10.2. The summed E-state index contributed by atoms with van der Waals surface area (Å²) >= 11 is 0. The van der Waals surface area contributed by atoms with Crippen molar-refractivity contribution in [2.24, 2.45) is 11.8 Å². The van der Waals surface area contributed by atoms with Gasteiger partial charge in [-0.05, 0) is 64.4 Å². The van der Waals surface area contributed by atoms with Gasteiger partial charge in [0.15, 0.2) is 0 Å². The summed E-state index contributed by atoms with van der Waals surface area (Å²) < 4.78 is 17.0. The number of nitrogens with one attached hydrogen (secondary N) is 1. The third-order valence-electron chi connectivity index (χ3n) is 6.34. The van der Waals surface area contributed by atoms with Gasteiger partial charge in [0.25, 0.3) is 0 Å². The molecule has 0 aromatic heterocycles. The summed E-state index contributed by atoms with van der Waals surface area (Å²) in [5, 5.41) is 12.4. The minimum atomic E-state index is -0.443. The Kier molecular flexibility index (Phi) is 11.3. The maximum Gasteiger partial charge on any atom is 0.303 e. The van der Waals surface area contributed by atoms with Crippen molar-refractivity contribution in [3.63, 3.8) is 0 Å². The van der Waals surface area contributed by atoms with E-state index in [1.165, 1.54) is 13.0 Å². The molecule has 0 aliphatic carbocycles. The van der Waals surface area contributed by atoms with Crippen molar-refractivity contribution in [3.05, 3.63) is 36.0 Å². The lowest BCUT2D eigenvalue weighted by atomic mass is 9.88. The van der Waals surface area contributed by atoms with Crippen LogP contribution in [0.1, 0.15) is 60.3 Å². The van der Waals surface area contributed by atoms with Gasteiger partial charge in [-0.3, -0.25) is 9.59 Å². The molecule has 1 amide bonds. The molecule has 0 bridgehead atoms. The van der Waals surface area contributed by atoms with Gasteiger partial charge in [-0.2, -0.15) is 0 Å². The van der Waals surface area contributed by atoms with Crippen LogP contribution in [0.4, 0.5) is 0 Å². The molecule has 7 atom stereocenters. The highest BCUT2D eigenvalue weighted by Crippen LogP contribution is 2.28. The molecule has 7 heteroatoms. The summed E-state index contributed by atoms with van der Waals surface area (Å²) in [5.41, 5.74) is 1.16. The van der Waals surface area contributed by atoms with Crippen LogP contribution in [0, 0.1) is 11.8 Å². The number of rotatable bonds is 9. The number of allylic oxidation sites excluding steroid dienone is 2. The monoisotopic (exact) mass is 463 g/mol. The highest BCUT2D eigenvalue weighted by Gasteiger charge is 2.33. The number of amides is 1. The molecule has 0 aromatic carbocycles. The van der Waals surface area contributed by atoms with E-state index in [9.17, 15) is 14.7 Å². The highest BCUT2D eigenvalue weighted by molar-refractivity contribution is 5.87. The number of hydrogen-bond donors (Lipinski definition) is 2. The lowest BCUT2D eigenvalue weighted by Gasteiger charge is -2.39. The van der Waals surface area contributed by atoms with E-state index in [1.54, 1.807) is 13.0 Å². The molecule has 2 aliphatic heterocycles. The second-order valence-electron chi connectivity index (χ2n) is 9.41. The molecule has 0 radical (unpaired) electrons. The molecule has 2 heterocycles. The van der Waals surface area contributed by atoms with Crippen molar-refractivity contribution in [2.75, 3.05) is 13.2 Å². The Morgan fingerprint density at radius 1 is 1.21 bits per heavy atom. The van der Waals surface area contributed by atoms with Crippen molar-refractivity contribution in [2.45, 2.75) is 90.8 Å². The number of aliphatic hydroxyl groups excluding tert-OH is 1. The van der Waals surface area contributed by atoms with Gasteiger partial charge in [0, 0.05) is 26.2 Å². The molecule has 2 saturated heterocycles. The van der Waals surface area contributed by atoms with Crippen LogP contribution < -0.4 is 5.32 Å². The predicted octanol–water partition coefficient (Wildman–Crippen LogP) is 3.47. The van der Waals surface area contributed by atoms with E-state index < -0.39 is 6.10 Å². The molecule has 33 heavy (non-hydrogen) atoms. The van der Waals surface area contributed by atoms with Crippen LogP contribution in [0.3, 0.4) is 0 Å². The Morgan fingerprint density at radius 2 is 1.97 bits per heavy atom. The molecular weight excluding hydrogens is 422 g/mol. The van der Waals surface area contributed by atoms with E-state index in [4.69, 9.17) is 14.2 Å². The van der Waals surface area contributed by atoms with Gasteiger partial charge in [-0.1, -0.05) is 30.7 Å². The molecule has 0 aromatic rings. The van der Waals surface area contributed by atoms with Crippen LogP contribution in [0.25, 0.3) is 0 Å². The normalized spacial score (nSPS) is 32.1. The van der Waals surface area contributed by atoms with Gasteiger partial charge in [0.2, 0.25) is 5.91 Å². The minimum Gasteiger partial charge on any atom is -0.459 e. The first-order valence-electron chi connectivity index (χ1n) is 12.1. The van der Waals surface area contributed by atoms with Crippen LogP contribution in [-0.2, 0) is 23.8 Å². The summed E-state index contributed by atoms with van der Waals surface area (Å²) in [4.78, 5) is 23.2. The van der Waals surface area contributed by atoms with Crippen LogP contribution in [0.2, 0.25) is 0 Å². The van der Waals surface area contributed by atoms with Gasteiger partial charge >= 0.3 is 5.97 Å². The minimum absolute atomic E-state index is 0.0645. The van der Waals surface area contributed by atoms with Gasteiger partial charge in [0.05, 0.1) is 24.4 Å². The fraction of sp³-hybridized carbons (Fsp3) is 0.692. The molecule has 0 spiro atoms. The number of esters is 1. The topological polar surface area (TPSA) is 94.1 Å². The zero-order valence-electron chi connectivity index (χ0n) is 20.7. The number of carbonyl (C=O) groups excluding carboxylic acids is 2. The number of ether oxygens (including phenoxy) is 3. The lowest BCUT2D eigenvalue weighted by molar-refractivity contribution is -0.143. The Bertz CT molecular complexity index is 730. The zero-order valence-corrected chi connectivity index (χ0v) is 20.7. The van der Waals surface area contributed by atoms with E-state index in [0.717, 1.165) is 31.3 Å². The molecule has 0 saturated carbocycles. The molecule has 2 unspecified atom stereocenters. The van der Waals surface area contributed by atoms with Crippen LogP contribution in [0.15, 0.2) is 36.0 Å². The van der Waals surface area contributed by atoms with Gasteiger partial charge in [-0.25, -0.2) is 0 Å². The maximum absolute atomic E-state index is 12.3. The maximum atomic E-state index is 12.3. The fourth-order valence-electron chi connectivity index (χ4n) is 4.30. The van der Waals surface area contributed by atoms with Crippen molar-refractivity contribution < 1.29 is 28.9 Å². The highest BCUT2D eigenvalue weighted by atomic mass is 16.5. The molecular formula is C26H41NO6. The average Bonchev–Trinajstić information content (AvgIpc) is 2.77. The van der Waals surface area contributed by atoms with E-state index in [0.29, 0.717) is 18.4 Å². The summed E-state index contributed by atoms with van der Waals surface area (Å²) in [5.74, 6) is 0.0424. The Balaban J connectivity index is 1.80. The summed E-state index contributed by atoms with van der Waals surface area (Å²) in [7, 11) is 0. The Labute approximate surface area is 198 Å². The van der Waals surface area contributed by atoms with E-state index >= 15 is 0 Å². The molecule has 186 valence electrons. The van der Waals surface area contributed by atoms with Crippen molar-refractivity contribution in [1.29, 1.82) is 0 Å². The predicted molar refractivity (Wildman–Crippen MR) is 127 cm³/mol. The van der Waals surface area contributed by atoms with Crippen LogP contribution in [0.5, 0.6) is 0 Å². The van der Waals surface area contributed by atoms with Crippen molar-refractivity contribution >= 4 is 11.9 Å². The van der Waals surface area contributed by atoms with E-state index in [2.05, 4.69) is 37.4 Å². The van der Waals surface area contributed by atoms with Crippen molar-refractivity contribution in [1.82, 2.24) is 5.32 Å². The lowest BCUT2D eigenvalue weighted by Crippen LogP contribution is -2.50. The van der Waals surface area contributed by atoms with Gasteiger partial charge in [-0.15, -0.1) is 0 Å². The standard InChI is InChI=1S/C26H41NO6/c1-17(6-9-23-15-22(16-28)12-13-31-23)7-10-25-18(2)14-24(20(4)33-25)27-26(30)11-8-19(3)32-21(5)29/h6-9,11,18-20,22-25,28H,10,12-16H2,1-5H3,(H,27,30)/b9-6+,11-8-,17-7+/t18-,19-,20+,22?,23?,24+,25-/m0/s1. The quantitative estimate of drug-likeness (QED) is 0.309. The van der Waals surface area contributed by atoms with Crippen molar-refractivity contribution in [3.8, 4) is 0 Å².